The molecule has 10 heteroatoms. The number of carbonyl (C=O) groups excluding carboxylic acids is 1. The normalized spacial score (nSPS) is 11.2. The van der Waals surface area contributed by atoms with Gasteiger partial charge in [-0.15, -0.1) is 0 Å². The lowest BCUT2D eigenvalue weighted by atomic mass is 10.1. The van der Waals surface area contributed by atoms with Crippen molar-refractivity contribution in [3.05, 3.63) is 64.5 Å². The van der Waals surface area contributed by atoms with Crippen LogP contribution >= 0.6 is 11.6 Å². The van der Waals surface area contributed by atoms with Gasteiger partial charge in [-0.1, -0.05) is 28.9 Å². The van der Waals surface area contributed by atoms with Crippen LogP contribution in [0, 0.1) is 13.8 Å². The van der Waals surface area contributed by atoms with Crippen LogP contribution in [0.15, 0.2) is 51.9 Å². The summed E-state index contributed by atoms with van der Waals surface area (Å²) >= 11 is 6.06. The summed E-state index contributed by atoms with van der Waals surface area (Å²) in [7, 11) is -2.68. The molecule has 0 saturated heterocycles. The number of hydrogen-bond acceptors (Lipinski definition) is 6. The maximum Gasteiger partial charge on any atom is 0.265 e. The summed E-state index contributed by atoms with van der Waals surface area (Å²) in [5.74, 6) is 0.347. The predicted octanol–water partition coefficient (Wildman–Crippen LogP) is 3.94. The van der Waals surface area contributed by atoms with Crippen LogP contribution in [0.1, 0.15) is 17.0 Å². The van der Waals surface area contributed by atoms with Crippen LogP contribution in [-0.2, 0) is 21.2 Å². The Balaban J connectivity index is 1.86. The number of para-hydroxylation sites is 1. The van der Waals surface area contributed by atoms with E-state index in [1.54, 1.807) is 44.2 Å². The van der Waals surface area contributed by atoms with Crippen molar-refractivity contribution in [3.8, 4) is 5.75 Å². The van der Waals surface area contributed by atoms with Gasteiger partial charge in [0.25, 0.3) is 10.0 Å². The van der Waals surface area contributed by atoms with Gasteiger partial charge in [0.1, 0.15) is 16.4 Å². The number of carbonyl (C=O) groups is 1. The van der Waals surface area contributed by atoms with Crippen molar-refractivity contribution < 1.29 is 22.5 Å². The lowest BCUT2D eigenvalue weighted by Gasteiger charge is -2.14. The largest absolute Gasteiger partial charge is 0.495 e. The smallest absolute Gasteiger partial charge is 0.265 e. The number of anilines is 2. The van der Waals surface area contributed by atoms with Gasteiger partial charge in [-0.3, -0.25) is 9.52 Å². The van der Waals surface area contributed by atoms with Gasteiger partial charge in [0.05, 0.1) is 29.9 Å². The topological polar surface area (TPSA) is 111 Å². The van der Waals surface area contributed by atoms with E-state index in [1.807, 2.05) is 0 Å². The van der Waals surface area contributed by atoms with E-state index >= 15 is 0 Å². The highest BCUT2D eigenvalue weighted by Gasteiger charge is 2.22. The van der Waals surface area contributed by atoms with Crippen LogP contribution in [0.2, 0.25) is 5.02 Å². The maximum atomic E-state index is 12.9. The zero-order chi connectivity index (χ0) is 21.9. The Morgan fingerprint density at radius 1 is 1.20 bits per heavy atom. The maximum absolute atomic E-state index is 12.9. The van der Waals surface area contributed by atoms with Crippen LogP contribution in [0.4, 0.5) is 11.4 Å². The SMILES string of the molecule is COc1ccc(NC(=O)Cc2c(C)noc2C)cc1S(=O)(=O)Nc1ccccc1Cl. The molecule has 0 spiro atoms. The van der Waals surface area contributed by atoms with Crippen molar-refractivity contribution >= 4 is 38.9 Å². The highest BCUT2D eigenvalue weighted by molar-refractivity contribution is 7.92. The standard InChI is InChI=1S/C20H20ClN3O5S/c1-12-15(13(2)29-23-12)11-20(25)22-14-8-9-18(28-3)19(10-14)30(26,27)24-17-7-5-4-6-16(17)21/h4-10,24H,11H2,1-3H3,(H,22,25). The molecule has 30 heavy (non-hydrogen) atoms. The van der Waals surface area contributed by atoms with Crippen molar-refractivity contribution in [1.82, 2.24) is 5.16 Å². The number of aryl methyl sites for hydroxylation is 2. The molecule has 1 amide bonds. The number of amides is 1. The summed E-state index contributed by atoms with van der Waals surface area (Å²) in [6.07, 6.45) is 0.0488. The molecule has 0 bridgehead atoms. The molecule has 3 rings (SSSR count). The van der Waals surface area contributed by atoms with E-state index in [0.717, 1.165) is 0 Å². The van der Waals surface area contributed by atoms with Crippen molar-refractivity contribution in [3.63, 3.8) is 0 Å². The van der Waals surface area contributed by atoms with Crippen molar-refractivity contribution in [1.29, 1.82) is 0 Å². The fourth-order valence-electron chi connectivity index (χ4n) is 2.83. The number of nitrogens with one attached hydrogen (secondary N) is 2. The molecule has 0 unspecified atom stereocenters. The highest BCUT2D eigenvalue weighted by Crippen LogP contribution is 2.31. The van der Waals surface area contributed by atoms with Gasteiger partial charge in [-0.05, 0) is 44.2 Å². The number of methoxy groups -OCH3 is 1. The Bertz CT molecular complexity index is 1170. The van der Waals surface area contributed by atoms with Crippen LogP contribution < -0.4 is 14.8 Å². The first-order valence-electron chi connectivity index (χ1n) is 8.88. The first-order chi connectivity index (χ1) is 14.2. The average Bonchev–Trinajstić information content (AvgIpc) is 3.01. The van der Waals surface area contributed by atoms with Gasteiger partial charge in [-0.25, -0.2) is 8.42 Å². The molecule has 0 saturated carbocycles. The Labute approximate surface area is 179 Å². The third kappa shape index (κ3) is 4.74. The number of halogens is 1. The zero-order valence-electron chi connectivity index (χ0n) is 16.5. The van der Waals surface area contributed by atoms with Crippen LogP contribution in [-0.4, -0.2) is 26.6 Å². The van der Waals surface area contributed by atoms with Crippen molar-refractivity contribution in [2.75, 3.05) is 17.1 Å². The Morgan fingerprint density at radius 3 is 2.57 bits per heavy atom. The molecule has 2 aromatic carbocycles. The second-order valence-corrected chi connectivity index (χ2v) is 8.54. The predicted molar refractivity (Wildman–Crippen MR) is 114 cm³/mol. The Hall–Kier alpha value is -3.04. The molecule has 158 valence electrons. The van der Waals surface area contributed by atoms with E-state index in [1.165, 1.54) is 19.2 Å². The van der Waals surface area contributed by atoms with Crippen LogP contribution in [0.3, 0.4) is 0 Å². The summed E-state index contributed by atoms with van der Waals surface area (Å²) in [6.45, 7) is 3.47. The van der Waals surface area contributed by atoms with E-state index in [0.29, 0.717) is 22.7 Å². The third-order valence-corrected chi connectivity index (χ3v) is 6.09. The van der Waals surface area contributed by atoms with Gasteiger partial charge >= 0.3 is 0 Å². The van der Waals surface area contributed by atoms with Gasteiger partial charge in [0.2, 0.25) is 5.91 Å². The highest BCUT2D eigenvalue weighted by atomic mass is 35.5. The zero-order valence-corrected chi connectivity index (χ0v) is 18.1. The van der Waals surface area contributed by atoms with Gasteiger partial charge in [0, 0.05) is 11.3 Å². The van der Waals surface area contributed by atoms with E-state index in [9.17, 15) is 13.2 Å². The van der Waals surface area contributed by atoms with E-state index in [2.05, 4.69) is 15.2 Å². The average molecular weight is 450 g/mol. The molecule has 0 aliphatic heterocycles. The minimum atomic E-state index is -4.04. The molecule has 3 aromatic rings. The second kappa shape index (κ2) is 8.76. The van der Waals surface area contributed by atoms with Gasteiger partial charge < -0.3 is 14.6 Å². The third-order valence-electron chi connectivity index (χ3n) is 4.37. The van der Waals surface area contributed by atoms with E-state index < -0.39 is 10.0 Å². The molecule has 0 fully saturated rings. The van der Waals surface area contributed by atoms with E-state index in [4.69, 9.17) is 20.9 Å². The quantitative estimate of drug-likeness (QED) is 0.565. The Kier molecular flexibility index (Phi) is 6.33. The summed E-state index contributed by atoms with van der Waals surface area (Å²) in [6, 6.07) is 10.8. The fraction of sp³-hybridized carbons (Fsp3) is 0.200. The fourth-order valence-corrected chi connectivity index (χ4v) is 4.34. The molecular formula is C20H20ClN3O5S. The summed E-state index contributed by atoms with van der Waals surface area (Å²) in [4.78, 5) is 12.3. The Morgan fingerprint density at radius 2 is 1.93 bits per heavy atom. The monoisotopic (exact) mass is 449 g/mol. The first kappa shape index (κ1) is 21.7. The lowest BCUT2D eigenvalue weighted by molar-refractivity contribution is -0.115. The summed E-state index contributed by atoms with van der Waals surface area (Å²) in [5, 5.41) is 6.77. The molecular weight excluding hydrogens is 430 g/mol. The van der Waals surface area contributed by atoms with Crippen molar-refractivity contribution in [2.45, 2.75) is 25.2 Å². The molecule has 2 N–H and O–H groups in total. The number of sulfonamides is 1. The van der Waals surface area contributed by atoms with Crippen LogP contribution in [0.5, 0.6) is 5.75 Å². The molecule has 0 radical (unpaired) electrons. The minimum Gasteiger partial charge on any atom is -0.495 e. The lowest BCUT2D eigenvalue weighted by Crippen LogP contribution is -2.17. The van der Waals surface area contributed by atoms with Gasteiger partial charge in [0.15, 0.2) is 0 Å². The van der Waals surface area contributed by atoms with E-state index in [-0.39, 0.29) is 33.7 Å². The molecule has 1 heterocycles. The number of aromatic nitrogens is 1. The molecule has 1 aromatic heterocycles. The number of benzene rings is 2. The summed E-state index contributed by atoms with van der Waals surface area (Å²) < 4.78 is 38.6. The number of rotatable bonds is 7. The second-order valence-electron chi connectivity index (χ2n) is 6.48. The number of ether oxygens (including phenoxy) is 1. The first-order valence-corrected chi connectivity index (χ1v) is 10.7. The number of nitrogens with zero attached hydrogens (tertiary/aromatic N) is 1. The molecule has 0 atom stereocenters. The number of hydrogen-bond donors (Lipinski definition) is 2. The van der Waals surface area contributed by atoms with Gasteiger partial charge in [-0.2, -0.15) is 0 Å². The minimum absolute atomic E-state index is 0.0488. The molecule has 8 nitrogen and oxygen atoms in total. The van der Waals surface area contributed by atoms with Crippen molar-refractivity contribution in [2.24, 2.45) is 0 Å². The molecule has 0 aliphatic carbocycles. The van der Waals surface area contributed by atoms with Crippen LogP contribution in [0.25, 0.3) is 0 Å². The summed E-state index contributed by atoms with van der Waals surface area (Å²) in [5.41, 5.74) is 1.85. The molecule has 0 aliphatic rings.